The van der Waals surface area contributed by atoms with Gasteiger partial charge in [0.05, 0.1) is 18.3 Å². The highest BCUT2D eigenvalue weighted by molar-refractivity contribution is 5.82. The lowest BCUT2D eigenvalue weighted by molar-refractivity contribution is -0.139. The van der Waals surface area contributed by atoms with E-state index >= 15 is 0 Å². The lowest BCUT2D eigenvalue weighted by Crippen LogP contribution is -2.41. The van der Waals surface area contributed by atoms with Gasteiger partial charge >= 0.3 is 5.92 Å². The fourth-order valence-corrected chi connectivity index (χ4v) is 2.76. The van der Waals surface area contributed by atoms with Crippen molar-refractivity contribution in [1.82, 2.24) is 24.5 Å². The van der Waals surface area contributed by atoms with Crippen LogP contribution in [0.2, 0.25) is 0 Å². The second kappa shape index (κ2) is 7.33. The molecule has 3 rings (SSSR count). The maximum Gasteiger partial charge on any atom is 0.341 e. The highest BCUT2D eigenvalue weighted by Gasteiger charge is 2.36. The maximum absolute atomic E-state index is 13.3. The largest absolute Gasteiger partial charge is 0.364 e. The Hall–Kier alpha value is -3.37. The summed E-state index contributed by atoms with van der Waals surface area (Å²) in [6.07, 6.45) is 3.04. The molecule has 0 saturated heterocycles. The highest BCUT2D eigenvalue weighted by atomic mass is 19.3. The summed E-state index contributed by atoms with van der Waals surface area (Å²) in [5, 5.41) is 5.31. The minimum absolute atomic E-state index is 0.0740. The minimum Gasteiger partial charge on any atom is -0.364 e. The number of halogens is 2. The predicted octanol–water partition coefficient (Wildman–Crippen LogP) is 2.39. The number of carbonyl (C=O) groups excluding carboxylic acids is 1. The molecule has 0 saturated carbocycles. The van der Waals surface area contributed by atoms with E-state index in [1.807, 2.05) is 13.0 Å². The van der Waals surface area contributed by atoms with E-state index < -0.39 is 18.4 Å². The summed E-state index contributed by atoms with van der Waals surface area (Å²) in [6, 6.07) is 3.63. The fourth-order valence-electron chi connectivity index (χ4n) is 2.76. The zero-order chi connectivity index (χ0) is 20.5. The van der Waals surface area contributed by atoms with Crippen LogP contribution in [-0.2, 0) is 4.79 Å². The first-order valence-corrected chi connectivity index (χ1v) is 8.53. The Morgan fingerprint density at radius 2 is 2.04 bits per heavy atom. The zero-order valence-electron chi connectivity index (χ0n) is 15.6. The molecule has 4 N–H and O–H groups in total. The monoisotopic (exact) mass is 390 g/mol. The lowest BCUT2D eigenvalue weighted by atomic mass is 10.3. The number of nitrogens with one attached hydrogen (secondary N) is 2. The predicted molar refractivity (Wildman–Crippen MR) is 101 cm³/mol. The molecule has 0 spiro atoms. The van der Waals surface area contributed by atoms with Crippen molar-refractivity contribution in [2.75, 3.05) is 17.2 Å². The first kappa shape index (κ1) is 19.4. The number of pyridine rings is 1. The minimum atomic E-state index is -3.70. The number of nitrogens with zero attached hydrogens (tertiary/aromatic N) is 5. The second-order valence-electron chi connectivity index (χ2n) is 6.49. The van der Waals surface area contributed by atoms with Crippen molar-refractivity contribution in [3.63, 3.8) is 0 Å². The Morgan fingerprint density at radius 1 is 1.29 bits per heavy atom. The van der Waals surface area contributed by atoms with E-state index in [1.54, 1.807) is 12.3 Å². The Morgan fingerprint density at radius 3 is 2.71 bits per heavy atom. The van der Waals surface area contributed by atoms with Crippen LogP contribution in [0.25, 0.3) is 11.0 Å². The highest BCUT2D eigenvalue weighted by Crippen LogP contribution is 2.23. The van der Waals surface area contributed by atoms with Crippen LogP contribution in [0.5, 0.6) is 0 Å². The van der Waals surface area contributed by atoms with Crippen LogP contribution in [0.4, 0.5) is 26.4 Å². The number of aryl methyl sites for hydroxylation is 1. The number of rotatable bonds is 7. The average Bonchev–Trinajstić information content (AvgIpc) is 2.95. The van der Waals surface area contributed by atoms with Gasteiger partial charge in [-0.05, 0) is 26.8 Å². The number of imidazole rings is 1. The standard InChI is InChI=1S/C17H20F2N8O/c1-9(2)27-10(3)24-11-7-22-14(6-12(11)27)25-13-4-5-21-16(26-13)23-8-17(18,19)15(20)28/h4-7,9H,8H2,1-3H3,(H2,20,28)(H2,21,22,23,25,26). The van der Waals surface area contributed by atoms with Gasteiger partial charge in [0, 0.05) is 18.3 Å². The molecule has 3 aromatic heterocycles. The third-order valence-corrected chi connectivity index (χ3v) is 4.01. The molecule has 0 fully saturated rings. The summed E-state index contributed by atoms with van der Waals surface area (Å²) >= 11 is 0. The first-order valence-electron chi connectivity index (χ1n) is 8.53. The van der Waals surface area contributed by atoms with Crippen LogP contribution in [0.1, 0.15) is 25.7 Å². The van der Waals surface area contributed by atoms with Crippen molar-refractivity contribution in [2.24, 2.45) is 5.73 Å². The Kier molecular flexibility index (Phi) is 5.08. The van der Waals surface area contributed by atoms with E-state index in [1.165, 1.54) is 6.20 Å². The molecule has 3 heterocycles. The maximum atomic E-state index is 13.3. The number of hydrogen-bond donors (Lipinski definition) is 3. The van der Waals surface area contributed by atoms with Crippen LogP contribution in [0.15, 0.2) is 24.5 Å². The molecule has 0 bridgehead atoms. The summed E-state index contributed by atoms with van der Waals surface area (Å²) in [7, 11) is 0. The molecule has 148 valence electrons. The van der Waals surface area contributed by atoms with Crippen LogP contribution >= 0.6 is 0 Å². The van der Waals surface area contributed by atoms with Gasteiger partial charge in [-0.1, -0.05) is 0 Å². The molecule has 0 aliphatic rings. The van der Waals surface area contributed by atoms with E-state index in [0.717, 1.165) is 16.9 Å². The molecule has 1 amide bonds. The molecule has 3 aromatic rings. The quantitative estimate of drug-likeness (QED) is 0.566. The van der Waals surface area contributed by atoms with Crippen molar-refractivity contribution < 1.29 is 13.6 Å². The topological polar surface area (TPSA) is 124 Å². The number of alkyl halides is 2. The van der Waals surface area contributed by atoms with Gasteiger partial charge in [0.2, 0.25) is 5.95 Å². The van der Waals surface area contributed by atoms with Crippen molar-refractivity contribution in [1.29, 1.82) is 0 Å². The molecule has 9 nitrogen and oxygen atoms in total. The molecular weight excluding hydrogens is 370 g/mol. The third-order valence-electron chi connectivity index (χ3n) is 4.01. The normalized spacial score (nSPS) is 11.8. The zero-order valence-corrected chi connectivity index (χ0v) is 15.6. The van der Waals surface area contributed by atoms with Gasteiger partial charge in [0.1, 0.15) is 23.0 Å². The van der Waals surface area contributed by atoms with Gasteiger partial charge in [0.25, 0.3) is 5.91 Å². The van der Waals surface area contributed by atoms with E-state index in [9.17, 15) is 13.6 Å². The number of carbonyl (C=O) groups is 1. The van der Waals surface area contributed by atoms with Gasteiger partial charge in [-0.25, -0.2) is 15.0 Å². The molecule has 11 heteroatoms. The fraction of sp³-hybridized carbons (Fsp3) is 0.353. The molecule has 0 aliphatic heterocycles. The van der Waals surface area contributed by atoms with Crippen molar-refractivity contribution in [2.45, 2.75) is 32.7 Å². The Bertz CT molecular complexity index is 1020. The van der Waals surface area contributed by atoms with Gasteiger partial charge in [-0.2, -0.15) is 13.8 Å². The molecule has 0 aromatic carbocycles. The van der Waals surface area contributed by atoms with Gasteiger partial charge in [-0.15, -0.1) is 0 Å². The third kappa shape index (κ3) is 3.97. The number of nitrogens with two attached hydrogens (primary N) is 1. The first-order chi connectivity index (χ1) is 13.2. The molecule has 0 atom stereocenters. The van der Waals surface area contributed by atoms with Gasteiger partial charge < -0.3 is 20.9 Å². The van der Waals surface area contributed by atoms with Crippen molar-refractivity contribution >= 4 is 34.5 Å². The van der Waals surface area contributed by atoms with Crippen LogP contribution in [0, 0.1) is 6.92 Å². The van der Waals surface area contributed by atoms with Crippen molar-refractivity contribution in [3.05, 3.63) is 30.4 Å². The molecule has 0 aliphatic carbocycles. The SMILES string of the molecule is Cc1nc2cnc(Nc3ccnc(NCC(F)(F)C(N)=O)n3)cc2n1C(C)C. The summed E-state index contributed by atoms with van der Waals surface area (Å²) in [5.74, 6) is -3.75. The summed E-state index contributed by atoms with van der Waals surface area (Å²) in [5.41, 5.74) is 6.34. The smallest absolute Gasteiger partial charge is 0.341 e. The Labute approximate surface area is 159 Å². The number of hydrogen-bond acceptors (Lipinski definition) is 7. The lowest BCUT2D eigenvalue weighted by Gasteiger charge is -2.13. The van der Waals surface area contributed by atoms with Gasteiger partial charge in [-0.3, -0.25) is 4.79 Å². The molecule has 0 unspecified atom stereocenters. The van der Waals surface area contributed by atoms with Crippen LogP contribution in [-0.4, -0.2) is 42.9 Å². The number of amides is 1. The van der Waals surface area contributed by atoms with Crippen molar-refractivity contribution in [3.8, 4) is 0 Å². The number of aromatic nitrogens is 5. The van der Waals surface area contributed by atoms with E-state index in [0.29, 0.717) is 11.6 Å². The van der Waals surface area contributed by atoms with E-state index in [-0.39, 0.29) is 12.0 Å². The number of fused-ring (bicyclic) bond motifs is 1. The number of anilines is 3. The van der Waals surface area contributed by atoms with Crippen LogP contribution < -0.4 is 16.4 Å². The van der Waals surface area contributed by atoms with Crippen LogP contribution in [0.3, 0.4) is 0 Å². The van der Waals surface area contributed by atoms with E-state index in [4.69, 9.17) is 0 Å². The number of primary amides is 1. The van der Waals surface area contributed by atoms with E-state index in [2.05, 4.69) is 54.7 Å². The Balaban J connectivity index is 1.80. The van der Waals surface area contributed by atoms with Gasteiger partial charge in [0.15, 0.2) is 0 Å². The molecule has 28 heavy (non-hydrogen) atoms. The second-order valence-corrected chi connectivity index (χ2v) is 6.49. The average molecular weight is 390 g/mol. The summed E-state index contributed by atoms with van der Waals surface area (Å²) in [6.45, 7) is 5.05. The summed E-state index contributed by atoms with van der Waals surface area (Å²) < 4.78 is 28.7. The molecular formula is C17H20F2N8O. The summed E-state index contributed by atoms with van der Waals surface area (Å²) in [4.78, 5) is 27.4. The molecule has 0 radical (unpaired) electrons.